The minimum Gasteiger partial charge on any atom is -0.291 e. The molecule has 1 aliphatic rings. The molecule has 9 nitrogen and oxygen atoms in total. The first-order valence-electron chi connectivity index (χ1n) is 8.35. The first-order chi connectivity index (χ1) is 12.9. The quantitative estimate of drug-likeness (QED) is 0.703. The molecular formula is C18H16N6O3. The van der Waals surface area contributed by atoms with Crippen molar-refractivity contribution in [2.75, 3.05) is 5.32 Å². The van der Waals surface area contributed by atoms with Crippen LogP contribution in [0, 0.1) is 13.8 Å². The Morgan fingerprint density at radius 1 is 1.07 bits per heavy atom. The van der Waals surface area contributed by atoms with Gasteiger partial charge in [-0.05, 0) is 39.0 Å². The normalized spacial score (nSPS) is 14.6. The highest BCUT2D eigenvalue weighted by molar-refractivity contribution is 6.23. The van der Waals surface area contributed by atoms with Gasteiger partial charge in [-0.2, -0.15) is 9.50 Å². The van der Waals surface area contributed by atoms with Gasteiger partial charge in [0.1, 0.15) is 6.04 Å². The molecule has 27 heavy (non-hydrogen) atoms. The zero-order valence-electron chi connectivity index (χ0n) is 14.9. The molecule has 0 radical (unpaired) electrons. The third-order valence-corrected chi connectivity index (χ3v) is 4.45. The monoisotopic (exact) mass is 364 g/mol. The minimum atomic E-state index is -1.01. The van der Waals surface area contributed by atoms with Crippen LogP contribution in [-0.2, 0) is 4.79 Å². The average Bonchev–Trinajstić information content (AvgIpc) is 3.14. The number of aromatic nitrogens is 4. The van der Waals surface area contributed by atoms with Crippen LogP contribution in [0.25, 0.3) is 5.78 Å². The average molecular weight is 364 g/mol. The topological polar surface area (TPSA) is 110 Å². The highest BCUT2D eigenvalue weighted by Gasteiger charge is 2.40. The lowest BCUT2D eigenvalue weighted by Crippen LogP contribution is -2.45. The third kappa shape index (κ3) is 2.64. The maximum absolute atomic E-state index is 12.6. The van der Waals surface area contributed by atoms with Crippen LogP contribution >= 0.6 is 0 Å². The van der Waals surface area contributed by atoms with Crippen molar-refractivity contribution in [2.24, 2.45) is 0 Å². The Balaban J connectivity index is 1.58. The summed E-state index contributed by atoms with van der Waals surface area (Å²) >= 11 is 0. The van der Waals surface area contributed by atoms with E-state index in [1.807, 2.05) is 19.9 Å². The lowest BCUT2D eigenvalue weighted by molar-refractivity contribution is -0.119. The lowest BCUT2D eigenvalue weighted by Gasteiger charge is -2.20. The van der Waals surface area contributed by atoms with Crippen molar-refractivity contribution in [3.63, 3.8) is 0 Å². The van der Waals surface area contributed by atoms with E-state index in [0.29, 0.717) is 16.9 Å². The van der Waals surface area contributed by atoms with Gasteiger partial charge < -0.3 is 0 Å². The van der Waals surface area contributed by atoms with Crippen LogP contribution in [0.1, 0.15) is 39.0 Å². The SMILES string of the molecule is Cc1cc(C)n2nc(NC(=O)[C@H](C)N3C(=O)c4ccccc4C3=O)nc2n1. The van der Waals surface area contributed by atoms with Gasteiger partial charge in [0, 0.05) is 11.4 Å². The summed E-state index contributed by atoms with van der Waals surface area (Å²) in [5, 5.41) is 6.76. The van der Waals surface area contributed by atoms with E-state index in [2.05, 4.69) is 20.4 Å². The molecule has 1 aliphatic heterocycles. The Labute approximate surface area is 154 Å². The van der Waals surface area contributed by atoms with E-state index in [1.54, 1.807) is 24.3 Å². The van der Waals surface area contributed by atoms with E-state index in [4.69, 9.17) is 0 Å². The van der Waals surface area contributed by atoms with Gasteiger partial charge in [-0.25, -0.2) is 4.98 Å². The molecule has 0 spiro atoms. The van der Waals surface area contributed by atoms with Gasteiger partial charge in [0.2, 0.25) is 5.91 Å². The fourth-order valence-electron chi connectivity index (χ4n) is 3.11. The van der Waals surface area contributed by atoms with Crippen molar-refractivity contribution >= 4 is 29.4 Å². The van der Waals surface area contributed by atoms with Crippen molar-refractivity contribution in [1.82, 2.24) is 24.5 Å². The summed E-state index contributed by atoms with van der Waals surface area (Å²) in [6.07, 6.45) is 0. The molecule has 9 heteroatoms. The number of carbonyl (C=O) groups excluding carboxylic acids is 3. The molecular weight excluding hydrogens is 348 g/mol. The summed E-state index contributed by atoms with van der Waals surface area (Å²) in [5.41, 5.74) is 2.19. The van der Waals surface area contributed by atoms with Crippen molar-refractivity contribution in [1.29, 1.82) is 0 Å². The number of benzene rings is 1. The van der Waals surface area contributed by atoms with Gasteiger partial charge in [0.05, 0.1) is 11.1 Å². The number of hydrogen-bond donors (Lipinski definition) is 1. The molecule has 0 unspecified atom stereocenters. The molecule has 0 fully saturated rings. The van der Waals surface area contributed by atoms with Gasteiger partial charge >= 0.3 is 0 Å². The molecule has 136 valence electrons. The molecule has 1 N–H and O–H groups in total. The molecule has 3 amide bonds. The summed E-state index contributed by atoms with van der Waals surface area (Å²) in [4.78, 5) is 47.0. The number of nitrogens with one attached hydrogen (secondary N) is 1. The third-order valence-electron chi connectivity index (χ3n) is 4.45. The smallest absolute Gasteiger partial charge is 0.262 e. The van der Waals surface area contributed by atoms with Gasteiger partial charge in [-0.3, -0.25) is 24.6 Å². The molecule has 1 atom stereocenters. The molecule has 4 rings (SSSR count). The molecule has 0 saturated heterocycles. The van der Waals surface area contributed by atoms with E-state index < -0.39 is 23.8 Å². The molecule has 0 saturated carbocycles. The molecule has 0 aliphatic carbocycles. The standard InChI is InChI=1S/C18H16N6O3/c1-9-8-10(2)24-18(19-9)21-17(22-24)20-14(25)11(3)23-15(26)12-6-4-5-7-13(12)16(23)27/h4-8,11H,1-3H3,(H,20,22,25)/t11-/m0/s1. The fourth-order valence-corrected chi connectivity index (χ4v) is 3.11. The predicted molar refractivity (Wildman–Crippen MR) is 95.3 cm³/mol. The Morgan fingerprint density at radius 3 is 2.33 bits per heavy atom. The fraction of sp³-hybridized carbons (Fsp3) is 0.222. The minimum absolute atomic E-state index is 0.0599. The molecule has 3 aromatic rings. The number of anilines is 1. The van der Waals surface area contributed by atoms with Crippen LogP contribution in [-0.4, -0.2) is 48.2 Å². The number of fused-ring (bicyclic) bond motifs is 2. The molecule has 0 bridgehead atoms. The van der Waals surface area contributed by atoms with Gasteiger partial charge in [0.15, 0.2) is 0 Å². The van der Waals surface area contributed by atoms with E-state index in [0.717, 1.165) is 16.3 Å². The number of carbonyl (C=O) groups is 3. The number of hydrogen-bond acceptors (Lipinski definition) is 6. The number of nitrogens with zero attached hydrogens (tertiary/aromatic N) is 5. The summed E-state index contributed by atoms with van der Waals surface area (Å²) in [6.45, 7) is 5.17. The van der Waals surface area contributed by atoms with Crippen molar-refractivity contribution in [3.05, 3.63) is 52.8 Å². The maximum atomic E-state index is 12.6. The predicted octanol–water partition coefficient (Wildman–Crippen LogP) is 1.36. The van der Waals surface area contributed by atoms with E-state index in [9.17, 15) is 14.4 Å². The summed E-state index contributed by atoms with van der Waals surface area (Å²) in [5.74, 6) is -1.13. The van der Waals surface area contributed by atoms with Crippen molar-refractivity contribution < 1.29 is 14.4 Å². The largest absolute Gasteiger partial charge is 0.291 e. The first kappa shape index (κ1) is 16.8. The van der Waals surface area contributed by atoms with Crippen LogP contribution in [0.2, 0.25) is 0 Å². The van der Waals surface area contributed by atoms with Crippen LogP contribution in [0.5, 0.6) is 0 Å². The maximum Gasteiger partial charge on any atom is 0.262 e. The molecule has 3 heterocycles. The number of aryl methyl sites for hydroxylation is 2. The van der Waals surface area contributed by atoms with Crippen LogP contribution < -0.4 is 5.32 Å². The second kappa shape index (κ2) is 5.97. The summed E-state index contributed by atoms with van der Waals surface area (Å²) in [7, 11) is 0. The highest BCUT2D eigenvalue weighted by Crippen LogP contribution is 2.24. The van der Waals surface area contributed by atoms with E-state index in [1.165, 1.54) is 11.4 Å². The Kier molecular flexibility index (Phi) is 3.72. The Morgan fingerprint density at radius 2 is 1.70 bits per heavy atom. The van der Waals surface area contributed by atoms with Crippen LogP contribution in [0.15, 0.2) is 30.3 Å². The zero-order valence-corrected chi connectivity index (χ0v) is 14.9. The lowest BCUT2D eigenvalue weighted by atomic mass is 10.1. The first-order valence-corrected chi connectivity index (χ1v) is 8.35. The van der Waals surface area contributed by atoms with Gasteiger partial charge in [0.25, 0.3) is 23.5 Å². The number of amides is 3. The summed E-state index contributed by atoms with van der Waals surface area (Å²) < 4.78 is 1.51. The zero-order chi connectivity index (χ0) is 19.3. The van der Waals surface area contributed by atoms with Gasteiger partial charge in [-0.15, -0.1) is 5.10 Å². The number of rotatable bonds is 3. The van der Waals surface area contributed by atoms with E-state index in [-0.39, 0.29) is 5.95 Å². The van der Waals surface area contributed by atoms with Crippen molar-refractivity contribution in [3.8, 4) is 0 Å². The Bertz CT molecular complexity index is 1080. The summed E-state index contributed by atoms with van der Waals surface area (Å²) in [6, 6.07) is 7.32. The molecule has 2 aromatic heterocycles. The second-order valence-corrected chi connectivity index (χ2v) is 6.38. The highest BCUT2D eigenvalue weighted by atomic mass is 16.2. The van der Waals surface area contributed by atoms with Crippen molar-refractivity contribution in [2.45, 2.75) is 26.8 Å². The van der Waals surface area contributed by atoms with Crippen LogP contribution in [0.4, 0.5) is 5.95 Å². The van der Waals surface area contributed by atoms with Crippen LogP contribution in [0.3, 0.4) is 0 Å². The van der Waals surface area contributed by atoms with Gasteiger partial charge in [-0.1, -0.05) is 12.1 Å². The second-order valence-electron chi connectivity index (χ2n) is 6.38. The number of imide groups is 1. The van der Waals surface area contributed by atoms with E-state index >= 15 is 0 Å². The molecule has 1 aromatic carbocycles. The Hall–Kier alpha value is -3.62.